The second-order valence-electron chi connectivity index (χ2n) is 2.98. The van der Waals surface area contributed by atoms with Crippen molar-refractivity contribution >= 4 is 21.5 Å². The molecule has 0 spiro atoms. The summed E-state index contributed by atoms with van der Waals surface area (Å²) >= 11 is 3.45. The SMILES string of the molecule is C=C/C=C\C=C(/C)c1cccc(Br)c1. The van der Waals surface area contributed by atoms with E-state index in [1.807, 2.05) is 24.3 Å². The third kappa shape index (κ3) is 3.35. The van der Waals surface area contributed by atoms with Gasteiger partial charge in [0.1, 0.15) is 0 Å². The van der Waals surface area contributed by atoms with Crippen molar-refractivity contribution in [1.29, 1.82) is 0 Å². The van der Waals surface area contributed by atoms with Gasteiger partial charge in [0, 0.05) is 4.47 Å². The minimum absolute atomic E-state index is 1.11. The Hall–Kier alpha value is -1.08. The van der Waals surface area contributed by atoms with E-state index in [9.17, 15) is 0 Å². The number of benzene rings is 1. The first-order valence-electron chi connectivity index (χ1n) is 4.46. The Balaban J connectivity index is 2.88. The zero-order valence-electron chi connectivity index (χ0n) is 8.20. The van der Waals surface area contributed by atoms with Gasteiger partial charge in [0.2, 0.25) is 0 Å². The highest BCUT2D eigenvalue weighted by molar-refractivity contribution is 9.10. The molecule has 0 radical (unpaired) electrons. The summed E-state index contributed by atoms with van der Waals surface area (Å²) in [5, 5.41) is 0. The zero-order chi connectivity index (χ0) is 10.4. The van der Waals surface area contributed by atoms with Crippen molar-refractivity contribution in [2.75, 3.05) is 0 Å². The molecule has 1 aromatic carbocycles. The largest absolute Gasteiger partial charge is 0.0991 e. The Morgan fingerprint density at radius 1 is 1.36 bits per heavy atom. The summed E-state index contributed by atoms with van der Waals surface area (Å²) < 4.78 is 1.11. The van der Waals surface area contributed by atoms with E-state index >= 15 is 0 Å². The van der Waals surface area contributed by atoms with Crippen LogP contribution in [0.15, 0.2) is 59.6 Å². The fourth-order valence-corrected chi connectivity index (χ4v) is 1.51. The van der Waals surface area contributed by atoms with Crippen LogP contribution in [0.4, 0.5) is 0 Å². The minimum atomic E-state index is 1.11. The Morgan fingerprint density at radius 3 is 2.79 bits per heavy atom. The normalized spacial score (nSPS) is 12.0. The maximum Gasteiger partial charge on any atom is 0.0181 e. The van der Waals surface area contributed by atoms with E-state index in [-0.39, 0.29) is 0 Å². The molecular formula is C13H13Br. The maximum atomic E-state index is 3.62. The molecule has 0 atom stereocenters. The molecule has 0 aromatic heterocycles. The molecule has 1 heteroatoms. The van der Waals surface area contributed by atoms with Crippen LogP contribution < -0.4 is 0 Å². The lowest BCUT2D eigenvalue weighted by molar-refractivity contribution is 1.54. The van der Waals surface area contributed by atoms with E-state index < -0.39 is 0 Å². The van der Waals surface area contributed by atoms with Crippen molar-refractivity contribution in [2.45, 2.75) is 6.92 Å². The lowest BCUT2D eigenvalue weighted by Crippen LogP contribution is -1.77. The summed E-state index contributed by atoms with van der Waals surface area (Å²) in [7, 11) is 0. The number of rotatable bonds is 3. The molecule has 0 N–H and O–H groups in total. The predicted octanol–water partition coefficient (Wildman–Crippen LogP) is 4.59. The highest BCUT2D eigenvalue weighted by Gasteiger charge is 1.94. The second-order valence-corrected chi connectivity index (χ2v) is 3.90. The van der Waals surface area contributed by atoms with E-state index in [0.717, 1.165) is 4.47 Å². The van der Waals surface area contributed by atoms with Crippen LogP contribution in [-0.4, -0.2) is 0 Å². The van der Waals surface area contributed by atoms with Gasteiger partial charge in [-0.15, -0.1) is 0 Å². The fourth-order valence-electron chi connectivity index (χ4n) is 1.11. The molecule has 0 aliphatic carbocycles. The Morgan fingerprint density at radius 2 is 2.14 bits per heavy atom. The van der Waals surface area contributed by atoms with Gasteiger partial charge >= 0.3 is 0 Å². The molecule has 0 amide bonds. The molecule has 0 nitrogen and oxygen atoms in total. The first-order valence-corrected chi connectivity index (χ1v) is 5.25. The van der Waals surface area contributed by atoms with Crippen molar-refractivity contribution in [3.05, 3.63) is 65.2 Å². The van der Waals surface area contributed by atoms with Crippen LogP contribution in [0.3, 0.4) is 0 Å². The predicted molar refractivity (Wildman–Crippen MR) is 67.1 cm³/mol. The summed E-state index contributed by atoms with van der Waals surface area (Å²) in [6.07, 6.45) is 7.75. The molecule has 1 rings (SSSR count). The molecule has 0 saturated heterocycles. The van der Waals surface area contributed by atoms with Gasteiger partial charge in [0.05, 0.1) is 0 Å². The molecule has 0 aliphatic rings. The average Bonchev–Trinajstić information content (AvgIpc) is 2.18. The Labute approximate surface area is 93.8 Å². The molecule has 0 saturated carbocycles. The number of halogens is 1. The minimum Gasteiger partial charge on any atom is -0.0991 e. The topological polar surface area (TPSA) is 0 Å². The maximum absolute atomic E-state index is 3.62. The first-order chi connectivity index (χ1) is 6.74. The Bertz CT molecular complexity index is 373. The molecule has 0 bridgehead atoms. The van der Waals surface area contributed by atoms with E-state index in [4.69, 9.17) is 0 Å². The van der Waals surface area contributed by atoms with Crippen LogP contribution in [0.5, 0.6) is 0 Å². The van der Waals surface area contributed by atoms with Gasteiger partial charge in [-0.25, -0.2) is 0 Å². The van der Waals surface area contributed by atoms with E-state index in [1.165, 1.54) is 11.1 Å². The van der Waals surface area contributed by atoms with Crippen molar-refractivity contribution < 1.29 is 0 Å². The van der Waals surface area contributed by atoms with Crippen LogP contribution in [0.1, 0.15) is 12.5 Å². The Kier molecular flexibility index (Phi) is 4.41. The van der Waals surface area contributed by atoms with Crippen LogP contribution in [0, 0.1) is 0 Å². The lowest BCUT2D eigenvalue weighted by atomic mass is 10.1. The lowest BCUT2D eigenvalue weighted by Gasteiger charge is -2.00. The monoisotopic (exact) mass is 248 g/mol. The van der Waals surface area contributed by atoms with Gasteiger partial charge in [-0.1, -0.05) is 58.9 Å². The van der Waals surface area contributed by atoms with Crippen molar-refractivity contribution in [1.82, 2.24) is 0 Å². The molecule has 72 valence electrons. The van der Waals surface area contributed by atoms with Gasteiger partial charge in [0.15, 0.2) is 0 Å². The molecular weight excluding hydrogens is 236 g/mol. The summed E-state index contributed by atoms with van der Waals surface area (Å²) in [6, 6.07) is 8.26. The van der Waals surface area contributed by atoms with E-state index in [2.05, 4.69) is 47.6 Å². The molecule has 0 fully saturated rings. The highest BCUT2D eigenvalue weighted by atomic mass is 79.9. The zero-order valence-corrected chi connectivity index (χ0v) is 9.79. The second kappa shape index (κ2) is 5.61. The van der Waals surface area contributed by atoms with Crippen LogP contribution >= 0.6 is 15.9 Å². The summed E-state index contributed by atoms with van der Waals surface area (Å²) in [6.45, 7) is 5.71. The van der Waals surface area contributed by atoms with Gasteiger partial charge in [0.25, 0.3) is 0 Å². The summed E-state index contributed by atoms with van der Waals surface area (Å²) in [4.78, 5) is 0. The third-order valence-electron chi connectivity index (χ3n) is 1.87. The average molecular weight is 249 g/mol. The number of hydrogen-bond acceptors (Lipinski definition) is 0. The van der Waals surface area contributed by atoms with Gasteiger partial charge < -0.3 is 0 Å². The molecule has 0 unspecified atom stereocenters. The number of allylic oxidation sites excluding steroid dienone is 5. The van der Waals surface area contributed by atoms with Crippen LogP contribution in [0.25, 0.3) is 5.57 Å². The van der Waals surface area contributed by atoms with Crippen molar-refractivity contribution in [2.24, 2.45) is 0 Å². The van der Waals surface area contributed by atoms with E-state index in [1.54, 1.807) is 6.08 Å². The quantitative estimate of drug-likeness (QED) is 0.687. The fraction of sp³-hybridized carbons (Fsp3) is 0.0769. The first kappa shape index (κ1) is 11.0. The van der Waals surface area contributed by atoms with Crippen molar-refractivity contribution in [3.8, 4) is 0 Å². The van der Waals surface area contributed by atoms with Crippen LogP contribution in [-0.2, 0) is 0 Å². The summed E-state index contributed by atoms with van der Waals surface area (Å²) in [5.74, 6) is 0. The molecule has 1 aromatic rings. The third-order valence-corrected chi connectivity index (χ3v) is 2.37. The highest BCUT2D eigenvalue weighted by Crippen LogP contribution is 2.18. The van der Waals surface area contributed by atoms with Crippen molar-refractivity contribution in [3.63, 3.8) is 0 Å². The molecule has 14 heavy (non-hydrogen) atoms. The smallest absolute Gasteiger partial charge is 0.0181 e. The summed E-state index contributed by atoms with van der Waals surface area (Å²) in [5.41, 5.74) is 2.47. The number of hydrogen-bond donors (Lipinski definition) is 0. The van der Waals surface area contributed by atoms with Gasteiger partial charge in [-0.2, -0.15) is 0 Å². The standard InChI is InChI=1S/C13H13Br/c1-3-4-5-7-11(2)12-8-6-9-13(14)10-12/h3-10H,1H2,2H3/b5-4-,11-7+. The van der Waals surface area contributed by atoms with Gasteiger partial charge in [-0.3, -0.25) is 0 Å². The van der Waals surface area contributed by atoms with E-state index in [0.29, 0.717) is 0 Å². The van der Waals surface area contributed by atoms with Gasteiger partial charge in [-0.05, 0) is 30.2 Å². The van der Waals surface area contributed by atoms with Crippen LogP contribution in [0.2, 0.25) is 0 Å². The molecule has 0 aliphatic heterocycles. The molecule has 0 heterocycles.